The van der Waals surface area contributed by atoms with Gasteiger partial charge < -0.3 is 15.0 Å². The summed E-state index contributed by atoms with van der Waals surface area (Å²) in [6.07, 6.45) is 2.45. The van der Waals surface area contributed by atoms with Crippen LogP contribution >= 0.6 is 0 Å². The van der Waals surface area contributed by atoms with Crippen LogP contribution in [0.15, 0.2) is 103 Å². The highest BCUT2D eigenvalue weighted by Gasteiger charge is 2.32. The van der Waals surface area contributed by atoms with E-state index in [2.05, 4.69) is 10.3 Å². The minimum atomic E-state index is -0.246. The van der Waals surface area contributed by atoms with Gasteiger partial charge in [0.25, 0.3) is 11.8 Å². The molecule has 0 saturated carbocycles. The van der Waals surface area contributed by atoms with Gasteiger partial charge in [-0.05, 0) is 59.5 Å². The molecule has 0 bridgehead atoms. The van der Waals surface area contributed by atoms with Gasteiger partial charge in [0.1, 0.15) is 5.75 Å². The molecule has 5 rings (SSSR count). The molecule has 2 amide bonds. The first-order valence-corrected chi connectivity index (χ1v) is 12.0. The van der Waals surface area contributed by atoms with Gasteiger partial charge in [0, 0.05) is 18.3 Å². The predicted octanol–water partition coefficient (Wildman–Crippen LogP) is 4.56. The minimum absolute atomic E-state index is 0.00433. The van der Waals surface area contributed by atoms with Crippen molar-refractivity contribution in [3.63, 3.8) is 0 Å². The summed E-state index contributed by atoms with van der Waals surface area (Å²) in [5, 5.41) is 2.83. The Morgan fingerprint density at radius 1 is 0.917 bits per heavy atom. The average molecular weight is 478 g/mol. The molecule has 0 saturated heterocycles. The van der Waals surface area contributed by atoms with Gasteiger partial charge in [-0.3, -0.25) is 14.6 Å². The molecule has 0 aliphatic carbocycles. The van der Waals surface area contributed by atoms with Crippen LogP contribution in [0.4, 0.5) is 0 Å². The second-order valence-corrected chi connectivity index (χ2v) is 8.67. The lowest BCUT2D eigenvalue weighted by Gasteiger charge is -2.38. The highest BCUT2D eigenvalue weighted by Crippen LogP contribution is 2.37. The number of benzene rings is 3. The first-order chi connectivity index (χ1) is 17.7. The van der Waals surface area contributed by atoms with E-state index in [1.54, 1.807) is 6.20 Å². The predicted molar refractivity (Wildman–Crippen MR) is 137 cm³/mol. The van der Waals surface area contributed by atoms with Crippen LogP contribution in [0.5, 0.6) is 5.75 Å². The Hall–Kier alpha value is -4.45. The van der Waals surface area contributed by atoms with E-state index in [4.69, 9.17) is 4.74 Å². The van der Waals surface area contributed by atoms with E-state index >= 15 is 0 Å². The van der Waals surface area contributed by atoms with Gasteiger partial charge in [0.15, 0.2) is 6.61 Å². The topological polar surface area (TPSA) is 71.5 Å². The number of pyridine rings is 1. The summed E-state index contributed by atoms with van der Waals surface area (Å²) < 4.78 is 5.85. The van der Waals surface area contributed by atoms with E-state index < -0.39 is 0 Å². The molecule has 6 nitrogen and oxygen atoms in total. The van der Waals surface area contributed by atoms with Gasteiger partial charge in [-0.15, -0.1) is 0 Å². The van der Waals surface area contributed by atoms with Crippen molar-refractivity contribution in [3.05, 3.63) is 131 Å². The molecule has 0 spiro atoms. The zero-order chi connectivity index (χ0) is 24.7. The molecule has 1 N–H and O–H groups in total. The van der Waals surface area contributed by atoms with Gasteiger partial charge in [0.2, 0.25) is 0 Å². The van der Waals surface area contributed by atoms with E-state index in [-0.39, 0.29) is 24.5 Å². The quantitative estimate of drug-likeness (QED) is 0.424. The Balaban J connectivity index is 1.36. The lowest BCUT2D eigenvalue weighted by Crippen LogP contribution is -2.40. The Morgan fingerprint density at radius 2 is 1.67 bits per heavy atom. The van der Waals surface area contributed by atoms with Crippen LogP contribution in [0.3, 0.4) is 0 Å². The standard InChI is InChI=1S/C30H27N3O3/c34-28(32-20-25-13-7-8-17-31-25)21-36-26-15-14-22-16-18-33(30(35)24-11-5-2-6-12-24)29(27(22)19-26)23-9-3-1-4-10-23/h1-15,17,19,29H,16,18,20-21H2,(H,32,34). The molecule has 1 atom stereocenters. The zero-order valence-electron chi connectivity index (χ0n) is 19.8. The van der Waals surface area contributed by atoms with Gasteiger partial charge in [-0.25, -0.2) is 0 Å². The van der Waals surface area contributed by atoms with Crippen LogP contribution < -0.4 is 10.1 Å². The van der Waals surface area contributed by atoms with Gasteiger partial charge in [-0.2, -0.15) is 0 Å². The molecule has 0 fully saturated rings. The average Bonchev–Trinajstić information content (AvgIpc) is 2.95. The number of aromatic nitrogens is 1. The van der Waals surface area contributed by atoms with Gasteiger partial charge in [-0.1, -0.05) is 60.7 Å². The largest absolute Gasteiger partial charge is 0.484 e. The molecule has 0 radical (unpaired) electrons. The Kier molecular flexibility index (Phi) is 7.03. The SMILES string of the molecule is O=C(COc1ccc2c(c1)C(c1ccccc1)N(C(=O)c1ccccc1)CC2)NCc1ccccn1. The van der Waals surface area contributed by atoms with E-state index in [9.17, 15) is 9.59 Å². The molecule has 3 aromatic carbocycles. The molecule has 1 unspecified atom stereocenters. The Morgan fingerprint density at radius 3 is 2.42 bits per heavy atom. The highest BCUT2D eigenvalue weighted by atomic mass is 16.5. The number of carbonyl (C=O) groups is 2. The molecule has 1 aromatic heterocycles. The van der Waals surface area contributed by atoms with Crippen LogP contribution in [0.2, 0.25) is 0 Å². The number of amides is 2. The molecular weight excluding hydrogens is 450 g/mol. The van der Waals surface area contributed by atoms with Crippen molar-refractivity contribution in [2.75, 3.05) is 13.2 Å². The molecule has 36 heavy (non-hydrogen) atoms. The lowest BCUT2D eigenvalue weighted by molar-refractivity contribution is -0.123. The second-order valence-electron chi connectivity index (χ2n) is 8.67. The maximum atomic E-state index is 13.5. The van der Waals surface area contributed by atoms with E-state index in [0.29, 0.717) is 24.4 Å². The lowest BCUT2D eigenvalue weighted by atomic mass is 9.87. The third-order valence-corrected chi connectivity index (χ3v) is 6.31. The Labute approximate surface area is 210 Å². The molecule has 6 heteroatoms. The number of hydrogen-bond donors (Lipinski definition) is 1. The zero-order valence-corrected chi connectivity index (χ0v) is 19.8. The monoisotopic (exact) mass is 477 g/mol. The molecule has 1 aliphatic rings. The first kappa shape index (κ1) is 23.3. The number of fused-ring (bicyclic) bond motifs is 1. The van der Waals surface area contributed by atoms with Crippen molar-refractivity contribution in [2.24, 2.45) is 0 Å². The third kappa shape index (κ3) is 5.28. The summed E-state index contributed by atoms with van der Waals surface area (Å²) in [4.78, 5) is 32.0. The number of rotatable bonds is 7. The summed E-state index contributed by atoms with van der Waals surface area (Å²) in [6.45, 7) is 0.866. The second kappa shape index (κ2) is 10.9. The number of nitrogens with one attached hydrogen (secondary N) is 1. The van der Waals surface area contributed by atoms with Crippen molar-refractivity contribution in [1.82, 2.24) is 15.2 Å². The van der Waals surface area contributed by atoms with Crippen LogP contribution in [-0.2, 0) is 17.8 Å². The van der Waals surface area contributed by atoms with Gasteiger partial charge >= 0.3 is 0 Å². The number of hydrogen-bond acceptors (Lipinski definition) is 4. The smallest absolute Gasteiger partial charge is 0.258 e. The minimum Gasteiger partial charge on any atom is -0.484 e. The van der Waals surface area contributed by atoms with E-state index in [1.165, 1.54) is 5.56 Å². The summed E-state index contributed by atoms with van der Waals surface area (Å²) >= 11 is 0. The van der Waals surface area contributed by atoms with Crippen molar-refractivity contribution in [2.45, 2.75) is 19.0 Å². The van der Waals surface area contributed by atoms with Crippen LogP contribution in [0.1, 0.15) is 38.8 Å². The maximum absolute atomic E-state index is 13.5. The molecule has 1 aliphatic heterocycles. The van der Waals surface area contributed by atoms with E-state index in [0.717, 1.165) is 23.2 Å². The summed E-state index contributed by atoms with van der Waals surface area (Å²) in [6, 6.07) is 30.6. The maximum Gasteiger partial charge on any atom is 0.258 e. The van der Waals surface area contributed by atoms with Crippen molar-refractivity contribution in [3.8, 4) is 5.75 Å². The number of carbonyl (C=O) groups excluding carboxylic acids is 2. The molecule has 180 valence electrons. The van der Waals surface area contributed by atoms with Crippen molar-refractivity contribution in [1.29, 1.82) is 0 Å². The fraction of sp³-hybridized carbons (Fsp3) is 0.167. The number of ether oxygens (including phenoxy) is 1. The van der Waals surface area contributed by atoms with Crippen molar-refractivity contribution >= 4 is 11.8 Å². The van der Waals surface area contributed by atoms with Gasteiger partial charge in [0.05, 0.1) is 18.3 Å². The van der Waals surface area contributed by atoms with E-state index in [1.807, 2.05) is 102 Å². The number of nitrogens with zero attached hydrogens (tertiary/aromatic N) is 2. The fourth-order valence-electron chi connectivity index (χ4n) is 4.53. The first-order valence-electron chi connectivity index (χ1n) is 12.0. The van der Waals surface area contributed by atoms with Crippen LogP contribution in [0.25, 0.3) is 0 Å². The summed E-state index contributed by atoms with van der Waals surface area (Å²) in [5.74, 6) is 0.367. The molecule has 4 aromatic rings. The molecular formula is C30H27N3O3. The normalized spacial score (nSPS) is 14.6. The van der Waals surface area contributed by atoms with Crippen LogP contribution in [0, 0.1) is 0 Å². The Bertz CT molecular complexity index is 1330. The third-order valence-electron chi connectivity index (χ3n) is 6.31. The summed E-state index contributed by atoms with van der Waals surface area (Å²) in [7, 11) is 0. The highest BCUT2D eigenvalue weighted by molar-refractivity contribution is 5.95. The van der Waals surface area contributed by atoms with Crippen LogP contribution in [-0.4, -0.2) is 34.8 Å². The summed E-state index contributed by atoms with van der Waals surface area (Å²) in [5.41, 5.74) is 4.68. The fourth-order valence-corrected chi connectivity index (χ4v) is 4.53. The molecule has 2 heterocycles. The van der Waals surface area contributed by atoms with Crippen molar-refractivity contribution < 1.29 is 14.3 Å².